The lowest BCUT2D eigenvalue weighted by atomic mass is 9.97. The molecule has 10 nitrogen and oxygen atoms in total. The first kappa shape index (κ1) is 32.4. The number of fused-ring (bicyclic) bond motifs is 1. The summed E-state index contributed by atoms with van der Waals surface area (Å²) >= 11 is 6.62. The molecule has 0 bridgehead atoms. The first-order chi connectivity index (χ1) is 21.2. The molecule has 1 fully saturated rings. The number of benzene rings is 1. The molecule has 1 saturated heterocycles. The molecule has 0 unspecified atom stereocenters. The van der Waals surface area contributed by atoms with Crippen molar-refractivity contribution in [2.75, 3.05) is 55.3 Å². The molecule has 5 rings (SSSR count). The molecule has 0 saturated carbocycles. The van der Waals surface area contributed by atoms with Crippen molar-refractivity contribution < 1.29 is 27.5 Å². The quantitative estimate of drug-likeness (QED) is 0.237. The molecule has 1 atom stereocenters. The van der Waals surface area contributed by atoms with Crippen molar-refractivity contribution in [3.8, 4) is 11.3 Å². The van der Waals surface area contributed by atoms with Crippen LogP contribution < -0.4 is 11.1 Å². The van der Waals surface area contributed by atoms with E-state index in [0.29, 0.717) is 47.4 Å². The van der Waals surface area contributed by atoms with E-state index in [1.54, 1.807) is 21.4 Å². The zero-order valence-corrected chi connectivity index (χ0v) is 26.5. The Labute approximate surface area is 264 Å². The van der Waals surface area contributed by atoms with Gasteiger partial charge in [0.15, 0.2) is 0 Å². The van der Waals surface area contributed by atoms with Crippen molar-refractivity contribution in [3.05, 3.63) is 70.9 Å². The number of carbonyl (C=O) groups is 2. The molecule has 1 aromatic carbocycles. The summed E-state index contributed by atoms with van der Waals surface area (Å²) in [6.07, 6.45) is 5.52. The fourth-order valence-corrected chi connectivity index (χ4v) is 5.88. The van der Waals surface area contributed by atoms with Gasteiger partial charge in [-0.15, -0.1) is 0 Å². The lowest BCUT2D eigenvalue weighted by molar-refractivity contribution is -0.137. The Morgan fingerprint density at radius 1 is 1.16 bits per heavy atom. The maximum Gasteiger partial charge on any atom is 0.416 e. The van der Waals surface area contributed by atoms with Crippen LogP contribution in [0.25, 0.3) is 16.8 Å². The number of rotatable bonds is 7. The Morgan fingerprint density at radius 3 is 2.58 bits per heavy atom. The van der Waals surface area contributed by atoms with Gasteiger partial charge in [-0.3, -0.25) is 9.20 Å². The summed E-state index contributed by atoms with van der Waals surface area (Å²) in [5.41, 5.74) is 7.16. The highest BCUT2D eigenvalue weighted by molar-refractivity contribution is 8.32. The van der Waals surface area contributed by atoms with Crippen molar-refractivity contribution in [2.45, 2.75) is 24.9 Å². The van der Waals surface area contributed by atoms with Crippen molar-refractivity contribution in [3.63, 3.8) is 0 Å². The average molecular weight is 664 g/mol. The number of ether oxygens (including phenoxy) is 1. The zero-order valence-electron chi connectivity index (χ0n) is 24.9. The second-order valence-corrected chi connectivity index (χ2v) is 16.6. The fourth-order valence-electron chi connectivity index (χ4n) is 5.07. The first-order valence-electron chi connectivity index (χ1n) is 14.1. The highest BCUT2D eigenvalue weighted by Crippen LogP contribution is 2.37. The maximum absolute atomic E-state index is 13.1. The molecular weight excluding hydrogens is 631 g/mol. The van der Waals surface area contributed by atoms with Gasteiger partial charge in [0.05, 0.1) is 11.8 Å². The smallest absolute Gasteiger partial charge is 0.416 e. The number of pyridine rings is 1. The lowest BCUT2D eigenvalue weighted by Gasteiger charge is -2.32. The van der Waals surface area contributed by atoms with E-state index in [2.05, 4.69) is 34.1 Å². The van der Waals surface area contributed by atoms with E-state index in [0.717, 1.165) is 36.9 Å². The van der Waals surface area contributed by atoms with Gasteiger partial charge in [0, 0.05) is 42.1 Å². The number of anilines is 2. The third kappa shape index (κ3) is 7.44. The van der Waals surface area contributed by atoms with Crippen LogP contribution >= 0.6 is 21.6 Å². The van der Waals surface area contributed by atoms with Gasteiger partial charge in [-0.05, 0) is 55.9 Å². The highest BCUT2D eigenvalue weighted by Gasteiger charge is 2.32. The van der Waals surface area contributed by atoms with Gasteiger partial charge in [-0.25, -0.2) is 29.8 Å². The molecule has 240 valence electrons. The molecule has 4 heterocycles. The molecule has 45 heavy (non-hydrogen) atoms. The van der Waals surface area contributed by atoms with Crippen LogP contribution in [-0.4, -0.2) is 80.5 Å². The topological polar surface area (TPSA) is 128 Å². The average Bonchev–Trinajstić information content (AvgIpc) is 3.40. The van der Waals surface area contributed by atoms with E-state index in [4.69, 9.17) is 27.1 Å². The molecule has 3 aromatic heterocycles. The summed E-state index contributed by atoms with van der Waals surface area (Å²) < 4.78 is 46.5. The van der Waals surface area contributed by atoms with E-state index in [-0.39, 0.29) is 29.2 Å². The number of likely N-dealkylation sites (tertiary alicyclic amines) is 1. The summed E-state index contributed by atoms with van der Waals surface area (Å²) in [4.78, 5) is 40.3. The van der Waals surface area contributed by atoms with Gasteiger partial charge in [0.25, 0.3) is 5.91 Å². The number of aromatic nitrogens is 4. The van der Waals surface area contributed by atoms with Crippen LogP contribution in [0.15, 0.2) is 48.8 Å². The summed E-state index contributed by atoms with van der Waals surface area (Å²) in [7, 11) is -0.793. The van der Waals surface area contributed by atoms with Gasteiger partial charge in [-0.1, -0.05) is 23.7 Å². The molecule has 4 aromatic rings. The van der Waals surface area contributed by atoms with E-state index in [9.17, 15) is 22.8 Å². The monoisotopic (exact) mass is 663 g/mol. The van der Waals surface area contributed by atoms with Crippen molar-refractivity contribution in [1.29, 1.82) is 0 Å². The van der Waals surface area contributed by atoms with E-state index in [1.807, 2.05) is 0 Å². The van der Waals surface area contributed by atoms with Crippen LogP contribution in [-0.2, 0) is 10.9 Å². The number of piperidine rings is 1. The number of nitrogens with two attached hydrogens (primary N) is 1. The molecule has 0 radical (unpaired) electrons. The number of nitrogen functional groups attached to an aromatic ring is 1. The van der Waals surface area contributed by atoms with E-state index >= 15 is 0 Å². The number of halogens is 4. The van der Waals surface area contributed by atoms with Crippen LogP contribution in [0.5, 0.6) is 0 Å². The fraction of sp³-hybridized carbons (Fsp3) is 0.367. The lowest BCUT2D eigenvalue weighted by Crippen LogP contribution is -2.40. The Balaban J connectivity index is 1.39. The molecule has 3 N–H and O–H groups in total. The molecule has 2 amide bonds. The molecule has 0 aliphatic carbocycles. The van der Waals surface area contributed by atoms with Gasteiger partial charge in [0.2, 0.25) is 0 Å². The minimum atomic E-state index is -4.57. The van der Waals surface area contributed by atoms with Gasteiger partial charge in [0.1, 0.15) is 40.4 Å². The molecular formula is C30H33ClF3N7O3S. The Hall–Kier alpha value is -4.04. The van der Waals surface area contributed by atoms with Gasteiger partial charge >= 0.3 is 12.3 Å². The zero-order chi connectivity index (χ0) is 32.5. The number of hydrogen-bond donors (Lipinski definition) is 2. The number of alkyl halides is 3. The molecule has 15 heteroatoms. The number of nitrogens with zero attached hydrogens (tertiary/aromatic N) is 5. The SMILES string of the molecule is CS(C)(C)CCOC(=O)N1CCC[C@@H](c2nc(-c3ccc(C(=O)Nc4cc(C(F)(F)F)ccn4)cc3)c3c(N)ncc(Cl)n23)C1. The summed E-state index contributed by atoms with van der Waals surface area (Å²) in [5.74, 6) is 0.624. The maximum atomic E-state index is 13.1. The Kier molecular flexibility index (Phi) is 9.17. The summed E-state index contributed by atoms with van der Waals surface area (Å²) in [6.45, 7) is 1.33. The van der Waals surface area contributed by atoms with Gasteiger partial charge < -0.3 is 20.7 Å². The van der Waals surface area contributed by atoms with Crippen LogP contribution in [0, 0.1) is 0 Å². The molecule has 0 spiro atoms. The second-order valence-electron chi connectivity index (χ2n) is 11.6. The number of amides is 2. The van der Waals surface area contributed by atoms with Crippen LogP contribution in [0.1, 0.15) is 40.5 Å². The third-order valence-corrected chi connectivity index (χ3v) is 9.04. The van der Waals surface area contributed by atoms with Crippen LogP contribution in [0.3, 0.4) is 0 Å². The Bertz CT molecular complexity index is 1730. The van der Waals surface area contributed by atoms with Gasteiger partial charge in [-0.2, -0.15) is 13.2 Å². The normalized spacial score (nSPS) is 16.1. The first-order valence-corrected chi connectivity index (χ1v) is 17.5. The second kappa shape index (κ2) is 12.8. The summed E-state index contributed by atoms with van der Waals surface area (Å²) in [5, 5.41) is 2.69. The van der Waals surface area contributed by atoms with Crippen molar-refractivity contribution in [2.24, 2.45) is 0 Å². The van der Waals surface area contributed by atoms with E-state index < -0.39 is 27.7 Å². The predicted octanol–water partition coefficient (Wildman–Crippen LogP) is 6.31. The minimum Gasteiger partial charge on any atom is -0.449 e. The number of nitrogens with one attached hydrogen (secondary N) is 1. The highest BCUT2D eigenvalue weighted by atomic mass is 35.5. The predicted molar refractivity (Wildman–Crippen MR) is 170 cm³/mol. The van der Waals surface area contributed by atoms with Crippen LogP contribution in [0.4, 0.5) is 29.6 Å². The third-order valence-electron chi connectivity index (χ3n) is 7.39. The minimum absolute atomic E-state index is 0.162. The number of imidazole rings is 1. The van der Waals surface area contributed by atoms with E-state index in [1.165, 1.54) is 18.3 Å². The largest absolute Gasteiger partial charge is 0.449 e. The standard InChI is InChI=1S/C30H33ClF3N7O3S/c1-45(2,3)14-13-44-29(43)40-12-4-5-20(17-40)27-39-24(25-26(35)37-16-22(31)41(25)27)18-6-8-19(9-7-18)28(42)38-23-15-21(10-11-36-23)30(32,33)34/h6-11,15-16,20H,4-5,12-14,17H2,1-3H3,(H2,35,37)(H,36,38,42)/t20-/m1/s1. The molecule has 1 aliphatic rings. The van der Waals surface area contributed by atoms with Crippen molar-refractivity contribution in [1.82, 2.24) is 24.3 Å². The molecule has 1 aliphatic heterocycles. The summed E-state index contributed by atoms with van der Waals surface area (Å²) in [6, 6.07) is 7.95. The number of hydrogen-bond acceptors (Lipinski definition) is 7. The Morgan fingerprint density at radius 2 is 1.89 bits per heavy atom. The van der Waals surface area contributed by atoms with Crippen LogP contribution in [0.2, 0.25) is 5.15 Å². The van der Waals surface area contributed by atoms with Crippen molar-refractivity contribution >= 4 is 50.8 Å². The number of carbonyl (C=O) groups excluding carboxylic acids is 2.